The molecule has 0 N–H and O–H groups in total. The van der Waals surface area contributed by atoms with E-state index in [1.54, 1.807) is 0 Å². The molecule has 0 spiro atoms. The highest BCUT2D eigenvalue weighted by atomic mass is 16.5. The molecule has 0 aliphatic rings. The second-order valence-corrected chi connectivity index (χ2v) is 6.70. The van der Waals surface area contributed by atoms with Gasteiger partial charge in [-0.05, 0) is 55.2 Å². The van der Waals surface area contributed by atoms with E-state index in [2.05, 4.69) is 43.1 Å². The van der Waals surface area contributed by atoms with Gasteiger partial charge in [-0.3, -0.25) is 4.98 Å². The number of aryl methyl sites for hydroxylation is 1. The summed E-state index contributed by atoms with van der Waals surface area (Å²) >= 11 is 0. The van der Waals surface area contributed by atoms with Crippen LogP contribution in [0.5, 0.6) is 5.75 Å². The van der Waals surface area contributed by atoms with Crippen LogP contribution in [0, 0.1) is 0 Å². The van der Waals surface area contributed by atoms with Gasteiger partial charge in [-0.25, -0.2) is 0 Å². The Labute approximate surface area is 158 Å². The van der Waals surface area contributed by atoms with Crippen LogP contribution in [0.4, 0.5) is 0 Å². The van der Waals surface area contributed by atoms with Gasteiger partial charge in [-0.15, -0.1) is 0 Å². The van der Waals surface area contributed by atoms with Crippen LogP contribution in [-0.4, -0.2) is 24.8 Å². The molecule has 0 atom stereocenters. The first kappa shape index (κ1) is 20.4. The topological polar surface area (TPSA) is 31.4 Å². The fourth-order valence-corrected chi connectivity index (χ4v) is 2.79. The third-order valence-corrected chi connectivity index (χ3v) is 4.43. The van der Waals surface area contributed by atoms with Crippen LogP contribution >= 0.6 is 0 Å². The van der Waals surface area contributed by atoms with E-state index in [1.807, 2.05) is 18.3 Å². The molecule has 0 aliphatic heterocycles. The lowest BCUT2D eigenvalue weighted by Crippen LogP contribution is -2.07. The molecule has 3 nitrogen and oxygen atoms in total. The molecule has 3 heteroatoms. The minimum Gasteiger partial charge on any atom is -0.491 e. The lowest BCUT2D eigenvalue weighted by atomic mass is 10.1. The average molecular weight is 356 g/mol. The number of benzene rings is 1. The molecule has 2 aromatic rings. The van der Waals surface area contributed by atoms with E-state index in [9.17, 15) is 0 Å². The first-order valence-electron chi connectivity index (χ1n) is 10.1. The van der Waals surface area contributed by atoms with Crippen molar-refractivity contribution in [3.8, 4) is 17.0 Å². The summed E-state index contributed by atoms with van der Waals surface area (Å²) in [6.07, 6.45) is 10.6. The highest BCUT2D eigenvalue weighted by Gasteiger charge is 2.02. The van der Waals surface area contributed by atoms with Crippen molar-refractivity contribution in [3.63, 3.8) is 0 Å². The fourth-order valence-electron chi connectivity index (χ4n) is 2.79. The van der Waals surface area contributed by atoms with Gasteiger partial charge in [0.25, 0.3) is 0 Å². The molecule has 0 fully saturated rings. The van der Waals surface area contributed by atoms with E-state index in [0.717, 1.165) is 42.9 Å². The second-order valence-electron chi connectivity index (χ2n) is 6.70. The predicted octanol–water partition coefficient (Wildman–Crippen LogP) is 6.07. The van der Waals surface area contributed by atoms with E-state index in [4.69, 9.17) is 9.47 Å². The van der Waals surface area contributed by atoms with Crippen LogP contribution in [0.25, 0.3) is 11.3 Å². The van der Waals surface area contributed by atoms with Crippen molar-refractivity contribution >= 4 is 0 Å². The van der Waals surface area contributed by atoms with Crippen LogP contribution in [0.15, 0.2) is 42.6 Å². The van der Waals surface area contributed by atoms with E-state index in [-0.39, 0.29) is 0 Å². The Hall–Kier alpha value is -1.87. The van der Waals surface area contributed by atoms with Crippen molar-refractivity contribution in [3.05, 3.63) is 48.2 Å². The van der Waals surface area contributed by atoms with Crippen LogP contribution in [0.1, 0.15) is 57.9 Å². The molecule has 1 aromatic heterocycles. The Bertz CT molecular complexity index is 593. The minimum absolute atomic E-state index is 0.591. The fraction of sp³-hybridized carbons (Fsp3) is 0.522. The number of ether oxygens (including phenoxy) is 2. The van der Waals surface area contributed by atoms with Crippen LogP contribution in [0.3, 0.4) is 0 Å². The van der Waals surface area contributed by atoms with Crippen molar-refractivity contribution < 1.29 is 9.47 Å². The maximum Gasteiger partial charge on any atom is 0.119 e. The molecule has 0 bridgehead atoms. The molecule has 1 heterocycles. The molecule has 26 heavy (non-hydrogen) atoms. The van der Waals surface area contributed by atoms with Crippen molar-refractivity contribution in [1.29, 1.82) is 0 Å². The van der Waals surface area contributed by atoms with Gasteiger partial charge in [-0.2, -0.15) is 0 Å². The van der Waals surface area contributed by atoms with Gasteiger partial charge >= 0.3 is 0 Å². The van der Waals surface area contributed by atoms with Gasteiger partial charge in [0.15, 0.2) is 0 Å². The number of hydrogen-bond donors (Lipinski definition) is 0. The van der Waals surface area contributed by atoms with Gasteiger partial charge in [0.1, 0.15) is 12.4 Å². The summed E-state index contributed by atoms with van der Waals surface area (Å²) in [4.78, 5) is 4.62. The van der Waals surface area contributed by atoms with Crippen LogP contribution in [0.2, 0.25) is 0 Å². The van der Waals surface area contributed by atoms with E-state index in [1.165, 1.54) is 31.2 Å². The minimum atomic E-state index is 0.591. The Morgan fingerprint density at radius 2 is 1.58 bits per heavy atom. The smallest absolute Gasteiger partial charge is 0.119 e. The molecular weight excluding hydrogens is 322 g/mol. The molecule has 0 saturated carbocycles. The van der Waals surface area contributed by atoms with Crippen molar-refractivity contribution in [2.24, 2.45) is 0 Å². The standard InChI is InChI=1S/C23H33NO2/c1-3-5-7-8-9-20-10-15-23(24-19-20)21-11-13-22(14-12-21)26-18-17-25-16-6-4-2/h10-15,19H,3-9,16-18H2,1-2H3. The van der Waals surface area contributed by atoms with Crippen LogP contribution in [-0.2, 0) is 11.2 Å². The molecule has 0 aliphatic carbocycles. The van der Waals surface area contributed by atoms with Gasteiger partial charge in [0.05, 0.1) is 12.3 Å². The monoisotopic (exact) mass is 355 g/mol. The Morgan fingerprint density at radius 1 is 0.769 bits per heavy atom. The van der Waals surface area contributed by atoms with E-state index in [0.29, 0.717) is 13.2 Å². The zero-order chi connectivity index (χ0) is 18.5. The maximum absolute atomic E-state index is 5.71. The Kier molecular flexibility index (Phi) is 9.81. The molecule has 0 unspecified atom stereocenters. The highest BCUT2D eigenvalue weighted by molar-refractivity contribution is 5.60. The molecule has 0 saturated heterocycles. The third-order valence-electron chi connectivity index (χ3n) is 4.43. The number of nitrogens with zero attached hydrogens (tertiary/aromatic N) is 1. The number of unbranched alkanes of at least 4 members (excludes halogenated alkanes) is 4. The summed E-state index contributed by atoms with van der Waals surface area (Å²) in [6, 6.07) is 12.5. The molecule has 0 radical (unpaired) electrons. The zero-order valence-corrected chi connectivity index (χ0v) is 16.4. The molecule has 142 valence electrons. The third kappa shape index (κ3) is 7.57. The summed E-state index contributed by atoms with van der Waals surface area (Å²) in [5.74, 6) is 0.875. The van der Waals surface area contributed by atoms with E-state index >= 15 is 0 Å². The largest absolute Gasteiger partial charge is 0.491 e. The normalized spacial score (nSPS) is 10.8. The SMILES string of the molecule is CCCCCCc1ccc(-c2ccc(OCCOCCCC)cc2)nc1. The number of pyridine rings is 1. The predicted molar refractivity (Wildman–Crippen MR) is 109 cm³/mol. The average Bonchev–Trinajstić information content (AvgIpc) is 2.69. The molecule has 2 rings (SSSR count). The van der Waals surface area contributed by atoms with Gasteiger partial charge < -0.3 is 9.47 Å². The van der Waals surface area contributed by atoms with Crippen LogP contribution < -0.4 is 4.74 Å². The Morgan fingerprint density at radius 3 is 2.27 bits per heavy atom. The number of rotatable bonds is 13. The summed E-state index contributed by atoms with van der Waals surface area (Å²) in [6.45, 7) is 6.46. The number of aromatic nitrogens is 1. The summed E-state index contributed by atoms with van der Waals surface area (Å²) < 4.78 is 11.2. The number of hydrogen-bond acceptors (Lipinski definition) is 3. The summed E-state index contributed by atoms with van der Waals surface area (Å²) in [7, 11) is 0. The summed E-state index contributed by atoms with van der Waals surface area (Å²) in [5, 5.41) is 0. The highest BCUT2D eigenvalue weighted by Crippen LogP contribution is 2.21. The summed E-state index contributed by atoms with van der Waals surface area (Å²) in [5.41, 5.74) is 3.46. The molecule has 1 aromatic carbocycles. The van der Waals surface area contributed by atoms with Crippen molar-refractivity contribution in [2.75, 3.05) is 19.8 Å². The zero-order valence-electron chi connectivity index (χ0n) is 16.4. The molecular formula is C23H33NO2. The van der Waals surface area contributed by atoms with Gasteiger partial charge in [-0.1, -0.05) is 45.6 Å². The maximum atomic E-state index is 5.71. The lowest BCUT2D eigenvalue weighted by Gasteiger charge is -2.08. The first-order valence-corrected chi connectivity index (χ1v) is 10.1. The molecule has 0 amide bonds. The van der Waals surface area contributed by atoms with Crippen molar-refractivity contribution in [2.45, 2.75) is 58.8 Å². The first-order chi connectivity index (χ1) is 12.8. The van der Waals surface area contributed by atoms with E-state index < -0.39 is 0 Å². The Balaban J connectivity index is 1.76. The lowest BCUT2D eigenvalue weighted by molar-refractivity contribution is 0.0981. The quantitative estimate of drug-likeness (QED) is 0.409. The van der Waals surface area contributed by atoms with Gasteiger partial charge in [0, 0.05) is 18.4 Å². The van der Waals surface area contributed by atoms with Gasteiger partial charge in [0.2, 0.25) is 0 Å². The second kappa shape index (κ2) is 12.5. The van der Waals surface area contributed by atoms with Crippen molar-refractivity contribution in [1.82, 2.24) is 4.98 Å².